The molecule has 4 heterocycles. The van der Waals surface area contributed by atoms with Gasteiger partial charge in [0.1, 0.15) is 10.6 Å². The van der Waals surface area contributed by atoms with E-state index < -0.39 is 15.6 Å². The number of aryl methyl sites for hydroxylation is 2. The summed E-state index contributed by atoms with van der Waals surface area (Å²) in [7, 11) is -0.195. The van der Waals surface area contributed by atoms with Gasteiger partial charge in [-0.05, 0) is 26.7 Å². The molecule has 0 aromatic carbocycles. The number of fused-ring (bicyclic) bond motifs is 1. The van der Waals surface area contributed by atoms with Crippen LogP contribution in [0.1, 0.15) is 35.6 Å². The van der Waals surface area contributed by atoms with E-state index in [2.05, 4.69) is 15.4 Å². The minimum Gasteiger partial charge on any atom is -0.378 e. The van der Waals surface area contributed by atoms with Gasteiger partial charge in [0.2, 0.25) is 10.0 Å². The predicted octanol–water partition coefficient (Wildman–Crippen LogP) is 0.529. The van der Waals surface area contributed by atoms with E-state index in [-0.39, 0.29) is 0 Å². The molecule has 0 radical (unpaired) electrons. The maximum absolute atomic E-state index is 13.2. The molecular formula is C17H26N6O4S. The molecule has 2 aromatic heterocycles. The lowest BCUT2D eigenvalue weighted by molar-refractivity contribution is -0.117. The highest BCUT2D eigenvalue weighted by molar-refractivity contribution is 7.89. The van der Waals surface area contributed by atoms with Crippen LogP contribution in [0.3, 0.4) is 0 Å². The van der Waals surface area contributed by atoms with Crippen molar-refractivity contribution in [1.82, 2.24) is 29.1 Å². The molecule has 1 spiro atoms. The fourth-order valence-corrected chi connectivity index (χ4v) is 5.98. The summed E-state index contributed by atoms with van der Waals surface area (Å²) in [5.74, 6) is 0. The standard InChI is InChI=1S/C17H26N6O4S/c1-12-16(13(2)21(3)19-12)28(24,25)22-7-5-17(6-8-22)11-23-15(10-27-17)14(9-26-4)18-20-23/h5-11H2,1-4H3. The van der Waals surface area contributed by atoms with Crippen molar-refractivity contribution in [1.29, 1.82) is 0 Å². The fourth-order valence-electron chi connectivity index (χ4n) is 4.14. The summed E-state index contributed by atoms with van der Waals surface area (Å²) >= 11 is 0. The number of ether oxygens (including phenoxy) is 2. The molecule has 0 atom stereocenters. The van der Waals surface area contributed by atoms with Gasteiger partial charge in [0.25, 0.3) is 0 Å². The summed E-state index contributed by atoms with van der Waals surface area (Å²) in [6, 6.07) is 0. The highest BCUT2D eigenvalue weighted by Crippen LogP contribution is 2.36. The molecule has 0 bridgehead atoms. The number of methoxy groups -OCH3 is 1. The van der Waals surface area contributed by atoms with Crippen molar-refractivity contribution in [2.75, 3.05) is 20.2 Å². The number of hydrogen-bond donors (Lipinski definition) is 0. The zero-order valence-corrected chi connectivity index (χ0v) is 17.5. The Bertz CT molecular complexity index is 988. The predicted molar refractivity (Wildman–Crippen MR) is 98.9 cm³/mol. The molecular weight excluding hydrogens is 384 g/mol. The van der Waals surface area contributed by atoms with E-state index in [0.29, 0.717) is 62.0 Å². The molecule has 10 nitrogen and oxygen atoms in total. The number of hydrogen-bond acceptors (Lipinski definition) is 7. The minimum atomic E-state index is -3.58. The van der Waals surface area contributed by atoms with E-state index in [1.165, 1.54) is 0 Å². The molecule has 11 heteroatoms. The zero-order chi connectivity index (χ0) is 20.1. The van der Waals surface area contributed by atoms with E-state index in [0.717, 1.165) is 11.4 Å². The summed E-state index contributed by atoms with van der Waals surface area (Å²) in [5, 5.41) is 12.7. The average molecular weight is 411 g/mol. The number of nitrogens with zero attached hydrogens (tertiary/aromatic N) is 6. The van der Waals surface area contributed by atoms with E-state index >= 15 is 0 Å². The summed E-state index contributed by atoms with van der Waals surface area (Å²) in [6.45, 7) is 5.74. The van der Waals surface area contributed by atoms with Crippen LogP contribution in [-0.4, -0.2) is 63.3 Å². The van der Waals surface area contributed by atoms with Crippen molar-refractivity contribution in [2.45, 2.75) is 56.9 Å². The molecule has 0 unspecified atom stereocenters. The first-order valence-corrected chi connectivity index (χ1v) is 10.8. The maximum Gasteiger partial charge on any atom is 0.246 e. The topological polar surface area (TPSA) is 104 Å². The molecule has 2 aliphatic rings. The molecule has 2 aliphatic heterocycles. The number of rotatable bonds is 4. The zero-order valence-electron chi connectivity index (χ0n) is 16.7. The van der Waals surface area contributed by atoms with Gasteiger partial charge in [0, 0.05) is 27.2 Å². The SMILES string of the molecule is COCc1nnn2c1COC1(CCN(S(=O)(=O)c3c(C)nn(C)c3C)CC1)C2. The highest BCUT2D eigenvalue weighted by atomic mass is 32.2. The lowest BCUT2D eigenvalue weighted by Gasteiger charge is -2.43. The van der Waals surface area contributed by atoms with Gasteiger partial charge in [-0.2, -0.15) is 9.40 Å². The van der Waals surface area contributed by atoms with Crippen LogP contribution in [0.4, 0.5) is 0 Å². The van der Waals surface area contributed by atoms with Crippen LogP contribution in [-0.2, 0) is 46.3 Å². The van der Waals surface area contributed by atoms with Crippen LogP contribution in [0, 0.1) is 13.8 Å². The summed E-state index contributed by atoms with van der Waals surface area (Å²) in [4.78, 5) is 0.318. The van der Waals surface area contributed by atoms with Gasteiger partial charge < -0.3 is 9.47 Å². The molecule has 0 saturated carbocycles. The monoisotopic (exact) mass is 410 g/mol. The Labute approximate surface area is 164 Å². The van der Waals surface area contributed by atoms with Gasteiger partial charge in [-0.25, -0.2) is 13.1 Å². The molecule has 1 fully saturated rings. The summed E-state index contributed by atoms with van der Waals surface area (Å²) < 4.78 is 42.7. The minimum absolute atomic E-state index is 0.318. The largest absolute Gasteiger partial charge is 0.378 e. The second-order valence-corrected chi connectivity index (χ2v) is 9.45. The van der Waals surface area contributed by atoms with Gasteiger partial charge in [-0.15, -0.1) is 5.10 Å². The number of piperidine rings is 1. The van der Waals surface area contributed by atoms with E-state index in [1.807, 2.05) is 4.68 Å². The van der Waals surface area contributed by atoms with Crippen molar-refractivity contribution in [2.24, 2.45) is 7.05 Å². The van der Waals surface area contributed by atoms with E-state index in [1.54, 1.807) is 37.0 Å². The first-order chi connectivity index (χ1) is 13.3. The lowest BCUT2D eigenvalue weighted by Crippen LogP contribution is -2.52. The maximum atomic E-state index is 13.2. The van der Waals surface area contributed by atoms with Crippen LogP contribution in [0.15, 0.2) is 4.90 Å². The average Bonchev–Trinajstić information content (AvgIpc) is 3.15. The van der Waals surface area contributed by atoms with Gasteiger partial charge >= 0.3 is 0 Å². The molecule has 1 saturated heterocycles. The van der Waals surface area contributed by atoms with Crippen molar-refractivity contribution < 1.29 is 17.9 Å². The molecule has 0 amide bonds. The van der Waals surface area contributed by atoms with E-state index in [4.69, 9.17) is 9.47 Å². The van der Waals surface area contributed by atoms with Crippen molar-refractivity contribution in [3.05, 3.63) is 22.8 Å². The summed E-state index contributed by atoms with van der Waals surface area (Å²) in [6.07, 6.45) is 1.23. The van der Waals surface area contributed by atoms with E-state index in [9.17, 15) is 8.42 Å². The normalized spacial score (nSPS) is 19.9. The van der Waals surface area contributed by atoms with Crippen LogP contribution < -0.4 is 0 Å². The highest BCUT2D eigenvalue weighted by Gasteiger charge is 2.43. The number of aromatic nitrogens is 5. The Morgan fingerprint density at radius 3 is 2.57 bits per heavy atom. The third kappa shape index (κ3) is 3.06. The van der Waals surface area contributed by atoms with Gasteiger partial charge in [-0.3, -0.25) is 4.68 Å². The van der Waals surface area contributed by atoms with Crippen LogP contribution in [0.5, 0.6) is 0 Å². The van der Waals surface area contributed by atoms with Crippen LogP contribution in [0.25, 0.3) is 0 Å². The fraction of sp³-hybridized carbons (Fsp3) is 0.706. The Hall–Kier alpha value is -1.82. The van der Waals surface area contributed by atoms with Crippen LogP contribution >= 0.6 is 0 Å². The Balaban J connectivity index is 1.50. The Kier molecular flexibility index (Phi) is 4.81. The second-order valence-electron chi connectivity index (χ2n) is 7.57. The quantitative estimate of drug-likeness (QED) is 0.724. The molecule has 0 N–H and O–H groups in total. The molecule has 4 rings (SSSR count). The Morgan fingerprint density at radius 2 is 1.96 bits per heavy atom. The van der Waals surface area contributed by atoms with Crippen molar-refractivity contribution >= 4 is 10.0 Å². The smallest absolute Gasteiger partial charge is 0.246 e. The van der Waals surface area contributed by atoms with Crippen molar-refractivity contribution in [3.8, 4) is 0 Å². The van der Waals surface area contributed by atoms with Gasteiger partial charge in [-0.1, -0.05) is 5.21 Å². The summed E-state index contributed by atoms with van der Waals surface area (Å²) in [5.41, 5.74) is 2.51. The third-order valence-corrected chi connectivity index (χ3v) is 7.98. The first-order valence-electron chi connectivity index (χ1n) is 9.32. The Morgan fingerprint density at radius 1 is 1.25 bits per heavy atom. The third-order valence-electron chi connectivity index (χ3n) is 5.83. The molecule has 28 heavy (non-hydrogen) atoms. The lowest BCUT2D eigenvalue weighted by atomic mass is 9.91. The molecule has 0 aliphatic carbocycles. The first kappa shape index (κ1) is 19.5. The molecule has 2 aromatic rings. The van der Waals surface area contributed by atoms with Crippen molar-refractivity contribution in [3.63, 3.8) is 0 Å². The van der Waals surface area contributed by atoms with Gasteiger partial charge in [0.05, 0.1) is 42.4 Å². The van der Waals surface area contributed by atoms with Gasteiger partial charge in [0.15, 0.2) is 0 Å². The second kappa shape index (κ2) is 6.90. The molecule has 154 valence electrons. The van der Waals surface area contributed by atoms with Crippen LogP contribution in [0.2, 0.25) is 0 Å². The number of sulfonamides is 1.